The van der Waals surface area contributed by atoms with E-state index in [1.165, 1.54) is 13.8 Å². The molecule has 0 aromatic heterocycles. The molecule has 0 fully saturated rings. The highest BCUT2D eigenvalue weighted by Crippen LogP contribution is 2.10. The third-order valence-electron chi connectivity index (χ3n) is 2.41. The fourth-order valence-corrected chi connectivity index (χ4v) is 1.54. The Morgan fingerprint density at radius 3 is 2.05 bits per heavy atom. The molecular weight excluding hydrogens is 272 g/mol. The van der Waals surface area contributed by atoms with Crippen LogP contribution < -0.4 is 5.32 Å². The molecular formula is C15H24N2O4. The van der Waals surface area contributed by atoms with E-state index in [-0.39, 0.29) is 18.1 Å². The van der Waals surface area contributed by atoms with Gasteiger partial charge in [-0.3, -0.25) is 14.5 Å². The van der Waals surface area contributed by atoms with E-state index in [9.17, 15) is 9.59 Å². The smallest absolute Gasteiger partial charge is 0.221 e. The number of carbonyl (C=O) groups is 2. The van der Waals surface area contributed by atoms with Crippen molar-refractivity contribution in [3.8, 4) is 0 Å². The van der Waals surface area contributed by atoms with Crippen LogP contribution in [-0.4, -0.2) is 51.3 Å². The summed E-state index contributed by atoms with van der Waals surface area (Å²) in [5.74, 6) is -0.145. The lowest BCUT2D eigenvalue weighted by Gasteiger charge is -2.19. The molecule has 0 bridgehead atoms. The van der Waals surface area contributed by atoms with Crippen molar-refractivity contribution in [3.05, 3.63) is 29.8 Å². The predicted molar refractivity (Wildman–Crippen MR) is 82.2 cm³/mol. The maximum Gasteiger partial charge on any atom is 0.221 e. The molecule has 0 saturated heterocycles. The highest BCUT2D eigenvalue weighted by molar-refractivity contribution is 5.96. The van der Waals surface area contributed by atoms with Gasteiger partial charge >= 0.3 is 0 Å². The van der Waals surface area contributed by atoms with Gasteiger partial charge in [0.1, 0.15) is 0 Å². The molecule has 0 radical (unpaired) electrons. The minimum Gasteiger partial charge on any atom is -0.343 e. The second kappa shape index (κ2) is 10.0. The zero-order chi connectivity index (χ0) is 16.4. The number of rotatable bonds is 5. The lowest BCUT2D eigenvalue weighted by atomic mass is 10.1. The fourth-order valence-electron chi connectivity index (χ4n) is 1.54. The quantitative estimate of drug-likeness (QED) is 0.664. The van der Waals surface area contributed by atoms with E-state index in [2.05, 4.69) is 5.32 Å². The molecule has 6 heteroatoms. The van der Waals surface area contributed by atoms with Crippen LogP contribution >= 0.6 is 0 Å². The number of ketones is 1. The monoisotopic (exact) mass is 296 g/mol. The van der Waals surface area contributed by atoms with Gasteiger partial charge in [-0.1, -0.05) is 12.1 Å². The molecule has 0 aliphatic heterocycles. The summed E-state index contributed by atoms with van der Waals surface area (Å²) in [7, 11) is 6.98. The zero-order valence-electron chi connectivity index (χ0n) is 13.5. The summed E-state index contributed by atoms with van der Waals surface area (Å²) in [6, 6.07) is 6.85. The summed E-state index contributed by atoms with van der Waals surface area (Å²) in [5, 5.41) is 2.61. The number of nitrogens with one attached hydrogen (secondary N) is 1. The number of carbonyl (C=O) groups excluding carboxylic acids is 2. The van der Waals surface area contributed by atoms with E-state index >= 15 is 0 Å². The average Bonchev–Trinajstić information content (AvgIpc) is 2.40. The Morgan fingerprint density at radius 2 is 1.71 bits per heavy atom. The summed E-state index contributed by atoms with van der Waals surface area (Å²) < 4.78 is 9.73. The Balaban J connectivity index is 0.000000433. The Labute approximate surface area is 126 Å². The standard InChI is InChI=1S/C10H11NO2.C5H13NO2/c1-7(12)9-4-3-5-10(6-9)11-8(2)13;1-6(2)5(7-3)8-4/h3-6H,1-2H3,(H,11,13);5H,1-4H3. The molecule has 1 rings (SSSR count). The molecule has 0 saturated carbocycles. The normalized spacial score (nSPS) is 10.1. The zero-order valence-corrected chi connectivity index (χ0v) is 13.5. The van der Waals surface area contributed by atoms with Crippen LogP contribution in [0.5, 0.6) is 0 Å². The average molecular weight is 296 g/mol. The van der Waals surface area contributed by atoms with Gasteiger partial charge in [0.15, 0.2) is 5.78 Å². The number of ether oxygens (including phenoxy) is 2. The van der Waals surface area contributed by atoms with Gasteiger partial charge in [0.2, 0.25) is 12.3 Å². The number of hydrogen-bond acceptors (Lipinski definition) is 5. The van der Waals surface area contributed by atoms with Gasteiger partial charge in [-0.15, -0.1) is 0 Å². The second-order valence-electron chi connectivity index (χ2n) is 4.56. The molecule has 0 heterocycles. The molecule has 0 aliphatic carbocycles. The molecule has 0 spiro atoms. The van der Waals surface area contributed by atoms with E-state index in [1.54, 1.807) is 38.5 Å². The van der Waals surface area contributed by atoms with Crippen LogP contribution in [0.2, 0.25) is 0 Å². The van der Waals surface area contributed by atoms with Crippen molar-refractivity contribution in [1.82, 2.24) is 4.90 Å². The molecule has 1 N–H and O–H groups in total. The molecule has 1 aromatic rings. The first-order valence-corrected chi connectivity index (χ1v) is 6.42. The number of nitrogens with zero attached hydrogens (tertiary/aromatic N) is 1. The Hall–Kier alpha value is -1.76. The Bertz CT molecular complexity index is 457. The van der Waals surface area contributed by atoms with Crippen LogP contribution in [0.1, 0.15) is 24.2 Å². The Kier molecular flexibility index (Phi) is 9.20. The topological polar surface area (TPSA) is 67.9 Å². The molecule has 1 aromatic carbocycles. The molecule has 1 amide bonds. The van der Waals surface area contributed by atoms with Gasteiger partial charge < -0.3 is 14.8 Å². The number of amides is 1. The van der Waals surface area contributed by atoms with E-state index in [0.29, 0.717) is 11.3 Å². The van der Waals surface area contributed by atoms with Crippen molar-refractivity contribution < 1.29 is 19.1 Å². The SMILES string of the molecule is CC(=O)Nc1cccc(C(C)=O)c1.COC(OC)N(C)C. The van der Waals surface area contributed by atoms with Gasteiger partial charge in [-0.05, 0) is 33.2 Å². The first-order chi connectivity index (χ1) is 9.81. The molecule has 0 unspecified atom stereocenters. The van der Waals surface area contributed by atoms with Crippen LogP contribution in [0.15, 0.2) is 24.3 Å². The first-order valence-electron chi connectivity index (χ1n) is 6.42. The predicted octanol–water partition coefficient (Wildman–Crippen LogP) is 1.97. The van der Waals surface area contributed by atoms with Gasteiger partial charge in [0.05, 0.1) is 0 Å². The summed E-state index contributed by atoms with van der Waals surface area (Å²) in [5.41, 5.74) is 1.26. The fraction of sp³-hybridized carbons (Fsp3) is 0.467. The number of benzene rings is 1. The minimum atomic E-state index is -0.213. The molecule has 21 heavy (non-hydrogen) atoms. The summed E-state index contributed by atoms with van der Waals surface area (Å²) in [6.45, 7) is 2.92. The number of anilines is 1. The maximum atomic E-state index is 11.0. The molecule has 0 aliphatic rings. The van der Waals surface area contributed by atoms with E-state index in [1.807, 2.05) is 19.0 Å². The van der Waals surface area contributed by atoms with E-state index in [4.69, 9.17) is 9.47 Å². The number of hydrogen-bond donors (Lipinski definition) is 1. The molecule has 118 valence electrons. The van der Waals surface area contributed by atoms with Crippen molar-refractivity contribution in [2.75, 3.05) is 33.6 Å². The van der Waals surface area contributed by atoms with Crippen molar-refractivity contribution >= 4 is 17.4 Å². The van der Waals surface area contributed by atoms with Crippen LogP contribution in [0.4, 0.5) is 5.69 Å². The summed E-state index contributed by atoms with van der Waals surface area (Å²) >= 11 is 0. The Morgan fingerprint density at radius 1 is 1.14 bits per heavy atom. The summed E-state index contributed by atoms with van der Waals surface area (Å²) in [6.07, 6.45) is -0.213. The van der Waals surface area contributed by atoms with Crippen LogP contribution in [0, 0.1) is 0 Å². The van der Waals surface area contributed by atoms with Crippen LogP contribution in [0.3, 0.4) is 0 Å². The highest BCUT2D eigenvalue weighted by Gasteiger charge is 2.04. The van der Waals surface area contributed by atoms with Crippen molar-refractivity contribution in [1.29, 1.82) is 0 Å². The third kappa shape index (κ3) is 8.19. The molecule has 0 atom stereocenters. The lowest BCUT2D eigenvalue weighted by molar-refractivity contribution is -0.179. The van der Waals surface area contributed by atoms with E-state index in [0.717, 1.165) is 0 Å². The van der Waals surface area contributed by atoms with Crippen molar-refractivity contribution in [2.24, 2.45) is 0 Å². The number of methoxy groups -OCH3 is 2. The van der Waals surface area contributed by atoms with E-state index < -0.39 is 0 Å². The van der Waals surface area contributed by atoms with Crippen molar-refractivity contribution in [2.45, 2.75) is 20.3 Å². The van der Waals surface area contributed by atoms with Crippen molar-refractivity contribution in [3.63, 3.8) is 0 Å². The highest BCUT2D eigenvalue weighted by atomic mass is 16.7. The van der Waals surface area contributed by atoms with Gasteiger partial charge in [-0.2, -0.15) is 0 Å². The maximum absolute atomic E-state index is 11.0. The molecule has 6 nitrogen and oxygen atoms in total. The van der Waals surface area contributed by atoms with Gasteiger partial charge in [0.25, 0.3) is 0 Å². The van der Waals surface area contributed by atoms with Gasteiger partial charge in [-0.25, -0.2) is 0 Å². The lowest BCUT2D eigenvalue weighted by Crippen LogP contribution is -2.30. The van der Waals surface area contributed by atoms with Crippen LogP contribution in [0.25, 0.3) is 0 Å². The third-order valence-corrected chi connectivity index (χ3v) is 2.41. The van der Waals surface area contributed by atoms with Gasteiger partial charge in [0, 0.05) is 32.4 Å². The van der Waals surface area contributed by atoms with Crippen LogP contribution in [-0.2, 0) is 14.3 Å². The number of Topliss-reactive ketones (excluding diaryl/α,β-unsaturated/α-hetero) is 1. The minimum absolute atomic E-state index is 0.00722. The first kappa shape index (κ1) is 19.2. The second-order valence-corrected chi connectivity index (χ2v) is 4.56. The largest absolute Gasteiger partial charge is 0.343 e. The summed E-state index contributed by atoms with van der Waals surface area (Å²) in [4.78, 5) is 23.5.